The van der Waals surface area contributed by atoms with Crippen LogP contribution in [0.15, 0.2) is 72.8 Å². The number of aryl methyl sites for hydroxylation is 1. The van der Waals surface area contributed by atoms with Gasteiger partial charge in [-0.3, -0.25) is 4.79 Å². The number of carbonyl (C=O) groups is 2. The molecule has 0 unspecified atom stereocenters. The molecule has 168 valence electrons. The minimum Gasteiger partial charge on any atom is -0.465 e. The van der Waals surface area contributed by atoms with Gasteiger partial charge in [0.15, 0.2) is 0 Å². The second kappa shape index (κ2) is 10.2. The second-order valence-electron chi connectivity index (χ2n) is 8.34. The number of amides is 1. The molecule has 0 radical (unpaired) electrons. The number of hydrogen-bond donors (Lipinski definition) is 2. The molecule has 0 atom stereocenters. The second-order valence-corrected chi connectivity index (χ2v) is 8.34. The third-order valence-electron chi connectivity index (χ3n) is 5.61. The van der Waals surface area contributed by atoms with Crippen molar-refractivity contribution in [3.05, 3.63) is 101 Å². The molecular weight excluding hydrogens is 412 g/mol. The summed E-state index contributed by atoms with van der Waals surface area (Å²) in [4.78, 5) is 24.5. The van der Waals surface area contributed by atoms with E-state index in [9.17, 15) is 9.59 Å². The molecule has 5 nitrogen and oxygen atoms in total. The standard InChI is InChI=1S/C28H28N2O3/c1-19-3-5-20(6-4-19)17-26(27(31)30-25-15-16-25)22-11-13-24(14-12-22)29-18-21-7-9-23(10-8-21)28(32)33-2/h3-14,17,25,29H,15-16,18H2,1-2H3,(H,30,31)/b26-17+. The van der Waals surface area contributed by atoms with Gasteiger partial charge in [0.05, 0.1) is 12.7 Å². The largest absolute Gasteiger partial charge is 0.465 e. The molecule has 0 heterocycles. The lowest BCUT2D eigenvalue weighted by Crippen LogP contribution is -2.26. The number of hydrogen-bond acceptors (Lipinski definition) is 4. The molecule has 0 spiro atoms. The molecule has 0 aliphatic heterocycles. The molecule has 1 aliphatic carbocycles. The van der Waals surface area contributed by atoms with E-state index in [0.717, 1.165) is 35.2 Å². The Morgan fingerprint density at radius 1 is 0.909 bits per heavy atom. The average Bonchev–Trinajstić information content (AvgIpc) is 3.66. The van der Waals surface area contributed by atoms with Crippen LogP contribution in [0.2, 0.25) is 0 Å². The number of rotatable bonds is 8. The number of carbonyl (C=O) groups excluding carboxylic acids is 2. The van der Waals surface area contributed by atoms with Crippen molar-refractivity contribution in [1.29, 1.82) is 0 Å². The molecule has 1 amide bonds. The summed E-state index contributed by atoms with van der Waals surface area (Å²) < 4.78 is 4.73. The van der Waals surface area contributed by atoms with E-state index in [-0.39, 0.29) is 11.9 Å². The Balaban J connectivity index is 1.47. The summed E-state index contributed by atoms with van der Waals surface area (Å²) in [6, 6.07) is 23.7. The van der Waals surface area contributed by atoms with Crippen LogP contribution in [0.25, 0.3) is 11.6 Å². The van der Waals surface area contributed by atoms with Gasteiger partial charge in [0.25, 0.3) is 5.91 Å². The predicted molar refractivity (Wildman–Crippen MR) is 132 cm³/mol. The van der Waals surface area contributed by atoms with Crippen molar-refractivity contribution in [2.24, 2.45) is 0 Å². The van der Waals surface area contributed by atoms with Gasteiger partial charge >= 0.3 is 5.97 Å². The summed E-state index contributed by atoms with van der Waals surface area (Å²) >= 11 is 0. The molecule has 1 fully saturated rings. The highest BCUT2D eigenvalue weighted by atomic mass is 16.5. The number of methoxy groups -OCH3 is 1. The Bertz CT molecular complexity index is 1140. The van der Waals surface area contributed by atoms with Crippen molar-refractivity contribution >= 4 is 29.2 Å². The van der Waals surface area contributed by atoms with E-state index in [1.807, 2.05) is 73.7 Å². The summed E-state index contributed by atoms with van der Waals surface area (Å²) in [5, 5.41) is 6.49. The lowest BCUT2D eigenvalue weighted by Gasteiger charge is -2.11. The minimum absolute atomic E-state index is 0.0375. The van der Waals surface area contributed by atoms with Crippen LogP contribution in [-0.4, -0.2) is 25.0 Å². The molecule has 4 rings (SSSR count). The fourth-order valence-electron chi connectivity index (χ4n) is 3.45. The zero-order valence-corrected chi connectivity index (χ0v) is 18.9. The first-order valence-corrected chi connectivity index (χ1v) is 11.1. The molecule has 2 N–H and O–H groups in total. The Labute approximate surface area is 194 Å². The lowest BCUT2D eigenvalue weighted by atomic mass is 10.0. The molecule has 5 heteroatoms. The van der Waals surface area contributed by atoms with E-state index in [1.54, 1.807) is 12.1 Å². The summed E-state index contributed by atoms with van der Waals surface area (Å²) in [6.07, 6.45) is 4.04. The van der Waals surface area contributed by atoms with E-state index in [2.05, 4.69) is 10.6 Å². The Morgan fingerprint density at radius 3 is 2.15 bits per heavy atom. The Hall–Kier alpha value is -3.86. The lowest BCUT2D eigenvalue weighted by molar-refractivity contribution is -0.115. The van der Waals surface area contributed by atoms with Crippen LogP contribution in [0.1, 0.15) is 45.5 Å². The number of anilines is 1. The van der Waals surface area contributed by atoms with Gasteiger partial charge in [0, 0.05) is 23.8 Å². The zero-order chi connectivity index (χ0) is 23.2. The van der Waals surface area contributed by atoms with Crippen LogP contribution in [0.5, 0.6) is 0 Å². The highest BCUT2D eigenvalue weighted by Gasteiger charge is 2.25. The maximum absolute atomic E-state index is 12.9. The Morgan fingerprint density at radius 2 is 1.55 bits per heavy atom. The predicted octanol–water partition coefficient (Wildman–Crippen LogP) is 5.21. The van der Waals surface area contributed by atoms with Gasteiger partial charge in [-0.15, -0.1) is 0 Å². The van der Waals surface area contributed by atoms with Gasteiger partial charge < -0.3 is 15.4 Å². The number of ether oxygens (including phenoxy) is 1. The van der Waals surface area contributed by atoms with Crippen LogP contribution in [0.4, 0.5) is 5.69 Å². The van der Waals surface area contributed by atoms with Gasteiger partial charge in [-0.1, -0.05) is 54.1 Å². The smallest absolute Gasteiger partial charge is 0.337 e. The molecular formula is C28H28N2O3. The number of benzene rings is 3. The first kappa shape index (κ1) is 22.3. The summed E-state index contributed by atoms with van der Waals surface area (Å²) in [7, 11) is 1.37. The van der Waals surface area contributed by atoms with Gasteiger partial charge in [-0.2, -0.15) is 0 Å². The summed E-state index contributed by atoms with van der Waals surface area (Å²) in [5.41, 5.74) is 6.26. The van der Waals surface area contributed by atoms with E-state index < -0.39 is 0 Å². The number of nitrogens with one attached hydrogen (secondary N) is 2. The van der Waals surface area contributed by atoms with Crippen molar-refractivity contribution in [3.8, 4) is 0 Å². The maximum atomic E-state index is 12.9. The molecule has 1 aliphatic rings. The molecule has 0 bridgehead atoms. The normalized spacial score (nSPS) is 13.3. The first-order valence-electron chi connectivity index (χ1n) is 11.1. The van der Waals surface area contributed by atoms with E-state index in [0.29, 0.717) is 23.7 Å². The molecule has 3 aromatic rings. The van der Waals surface area contributed by atoms with Crippen molar-refractivity contribution in [2.75, 3.05) is 12.4 Å². The quantitative estimate of drug-likeness (QED) is 0.287. The molecule has 0 saturated heterocycles. The fourth-order valence-corrected chi connectivity index (χ4v) is 3.45. The molecule has 3 aromatic carbocycles. The van der Waals surface area contributed by atoms with Gasteiger partial charge in [0.1, 0.15) is 0 Å². The van der Waals surface area contributed by atoms with E-state index >= 15 is 0 Å². The van der Waals surface area contributed by atoms with Crippen LogP contribution >= 0.6 is 0 Å². The van der Waals surface area contributed by atoms with Crippen LogP contribution in [0, 0.1) is 6.92 Å². The minimum atomic E-state index is -0.342. The maximum Gasteiger partial charge on any atom is 0.337 e. The molecule has 1 saturated carbocycles. The van der Waals surface area contributed by atoms with E-state index in [1.165, 1.54) is 12.7 Å². The highest BCUT2D eigenvalue weighted by Crippen LogP contribution is 2.25. The van der Waals surface area contributed by atoms with E-state index in [4.69, 9.17) is 4.74 Å². The van der Waals surface area contributed by atoms with Crippen molar-refractivity contribution in [3.63, 3.8) is 0 Å². The van der Waals surface area contributed by atoms with Gasteiger partial charge in [0.2, 0.25) is 0 Å². The van der Waals surface area contributed by atoms with Crippen LogP contribution < -0.4 is 10.6 Å². The van der Waals surface area contributed by atoms with Crippen molar-refractivity contribution < 1.29 is 14.3 Å². The van der Waals surface area contributed by atoms with Crippen LogP contribution in [-0.2, 0) is 16.1 Å². The number of esters is 1. The van der Waals surface area contributed by atoms with Crippen molar-refractivity contribution in [2.45, 2.75) is 32.4 Å². The third kappa shape index (κ3) is 6.10. The Kier molecular flexibility index (Phi) is 6.89. The fraction of sp³-hybridized carbons (Fsp3) is 0.214. The zero-order valence-electron chi connectivity index (χ0n) is 18.9. The summed E-state index contributed by atoms with van der Waals surface area (Å²) in [5.74, 6) is -0.380. The molecule has 0 aromatic heterocycles. The average molecular weight is 441 g/mol. The topological polar surface area (TPSA) is 67.4 Å². The SMILES string of the molecule is COC(=O)c1ccc(CNc2ccc(/C(=C\c3ccc(C)cc3)C(=O)NC3CC3)cc2)cc1. The summed E-state index contributed by atoms with van der Waals surface area (Å²) in [6.45, 7) is 2.67. The monoisotopic (exact) mass is 440 g/mol. The van der Waals surface area contributed by atoms with Gasteiger partial charge in [-0.25, -0.2) is 4.79 Å². The highest BCUT2D eigenvalue weighted by molar-refractivity contribution is 6.24. The van der Waals surface area contributed by atoms with Gasteiger partial charge in [-0.05, 0) is 66.8 Å². The van der Waals surface area contributed by atoms with Crippen molar-refractivity contribution in [1.82, 2.24) is 5.32 Å². The first-order chi connectivity index (χ1) is 16.0. The third-order valence-corrected chi connectivity index (χ3v) is 5.61. The van der Waals surface area contributed by atoms with Crippen LogP contribution in [0.3, 0.4) is 0 Å². The molecule has 33 heavy (non-hydrogen) atoms.